The summed E-state index contributed by atoms with van der Waals surface area (Å²) in [6, 6.07) is 1.37. The molecular weight excluding hydrogens is 321 g/mol. The van der Waals surface area contributed by atoms with E-state index in [0.717, 1.165) is 23.7 Å². The Balaban J connectivity index is 2.58. The first kappa shape index (κ1) is 14.1. The van der Waals surface area contributed by atoms with Crippen molar-refractivity contribution in [2.24, 2.45) is 0 Å². The van der Waals surface area contributed by atoms with Crippen molar-refractivity contribution in [3.63, 3.8) is 0 Å². The molecule has 6 heteroatoms. The van der Waals surface area contributed by atoms with Gasteiger partial charge in [0.2, 0.25) is 0 Å². The van der Waals surface area contributed by atoms with E-state index in [9.17, 15) is 13.2 Å². The zero-order chi connectivity index (χ0) is 14.0. The van der Waals surface area contributed by atoms with E-state index in [0.29, 0.717) is 17.8 Å². The van der Waals surface area contributed by atoms with E-state index in [1.54, 1.807) is 6.20 Å². The molecule has 0 atom stereocenters. The van der Waals surface area contributed by atoms with Gasteiger partial charge < -0.3 is 0 Å². The summed E-state index contributed by atoms with van der Waals surface area (Å²) in [5.74, 6) is -3.12. The summed E-state index contributed by atoms with van der Waals surface area (Å²) < 4.78 is 41.3. The first-order valence-corrected chi connectivity index (χ1v) is 6.97. The monoisotopic (exact) mass is 332 g/mol. The molecule has 102 valence electrons. The highest BCUT2D eigenvalue weighted by molar-refractivity contribution is 9.08. The minimum absolute atomic E-state index is 0.0745. The van der Waals surface area contributed by atoms with Gasteiger partial charge in [-0.05, 0) is 6.42 Å². The van der Waals surface area contributed by atoms with Gasteiger partial charge in [-0.3, -0.25) is 0 Å². The van der Waals surface area contributed by atoms with Crippen LogP contribution in [0.3, 0.4) is 0 Å². The minimum atomic E-state index is -1.20. The molecular formula is C13H12BrF3N2. The third kappa shape index (κ3) is 2.68. The molecule has 2 rings (SSSR count). The fourth-order valence-corrected chi connectivity index (χ4v) is 2.37. The predicted octanol–water partition coefficient (Wildman–Crippen LogP) is 4.14. The Kier molecular flexibility index (Phi) is 4.29. The summed E-state index contributed by atoms with van der Waals surface area (Å²) in [4.78, 5) is 0. The van der Waals surface area contributed by atoms with E-state index >= 15 is 0 Å². The van der Waals surface area contributed by atoms with Crippen molar-refractivity contribution in [2.75, 3.05) is 0 Å². The van der Waals surface area contributed by atoms with Crippen LogP contribution in [0.25, 0.3) is 5.69 Å². The average molecular weight is 333 g/mol. The molecule has 1 heterocycles. The molecule has 0 saturated heterocycles. The third-order valence-corrected chi connectivity index (χ3v) is 3.41. The van der Waals surface area contributed by atoms with Crippen LogP contribution in [0.5, 0.6) is 0 Å². The van der Waals surface area contributed by atoms with Crippen molar-refractivity contribution in [2.45, 2.75) is 25.1 Å². The van der Waals surface area contributed by atoms with Gasteiger partial charge in [0, 0.05) is 28.7 Å². The Bertz CT molecular complexity index is 596. The number of rotatable bonds is 4. The lowest BCUT2D eigenvalue weighted by molar-refractivity contribution is 0.490. The molecule has 19 heavy (non-hydrogen) atoms. The van der Waals surface area contributed by atoms with Gasteiger partial charge in [0.1, 0.15) is 5.69 Å². The van der Waals surface area contributed by atoms with Gasteiger partial charge in [0.05, 0.1) is 6.20 Å². The van der Waals surface area contributed by atoms with Crippen LogP contribution in [0.4, 0.5) is 13.2 Å². The summed E-state index contributed by atoms with van der Waals surface area (Å²) in [6.45, 7) is 1.98. The molecule has 0 amide bonds. The van der Waals surface area contributed by atoms with Crippen LogP contribution >= 0.6 is 15.9 Å². The molecule has 0 saturated carbocycles. The Morgan fingerprint density at radius 3 is 2.47 bits per heavy atom. The van der Waals surface area contributed by atoms with Crippen LogP contribution in [-0.4, -0.2) is 9.78 Å². The van der Waals surface area contributed by atoms with Crippen molar-refractivity contribution < 1.29 is 13.2 Å². The van der Waals surface area contributed by atoms with Gasteiger partial charge in [0.15, 0.2) is 17.5 Å². The zero-order valence-corrected chi connectivity index (χ0v) is 11.8. The van der Waals surface area contributed by atoms with E-state index < -0.39 is 17.5 Å². The van der Waals surface area contributed by atoms with Crippen molar-refractivity contribution in [1.29, 1.82) is 0 Å². The number of hydrogen-bond acceptors (Lipinski definition) is 1. The quantitative estimate of drug-likeness (QED) is 0.607. The second kappa shape index (κ2) is 5.77. The SMILES string of the molecule is CCCc1c(CBr)cnn1-c1cc(F)c(F)cc1F. The first-order valence-electron chi connectivity index (χ1n) is 5.85. The number of alkyl halides is 1. The van der Waals surface area contributed by atoms with Crippen molar-refractivity contribution in [3.8, 4) is 5.69 Å². The summed E-state index contributed by atoms with van der Waals surface area (Å²) in [5, 5.41) is 4.64. The van der Waals surface area contributed by atoms with Crippen LogP contribution in [0.1, 0.15) is 24.6 Å². The van der Waals surface area contributed by atoms with E-state index in [-0.39, 0.29) is 5.69 Å². The fourth-order valence-electron chi connectivity index (χ4n) is 1.90. The van der Waals surface area contributed by atoms with Crippen molar-refractivity contribution in [3.05, 3.63) is 47.0 Å². The van der Waals surface area contributed by atoms with Gasteiger partial charge in [-0.1, -0.05) is 29.3 Å². The van der Waals surface area contributed by atoms with Crippen LogP contribution in [0, 0.1) is 17.5 Å². The number of aromatic nitrogens is 2. The molecule has 0 N–H and O–H groups in total. The summed E-state index contributed by atoms with van der Waals surface area (Å²) >= 11 is 3.33. The van der Waals surface area contributed by atoms with Crippen LogP contribution < -0.4 is 0 Å². The number of benzene rings is 1. The molecule has 0 aliphatic carbocycles. The third-order valence-electron chi connectivity index (χ3n) is 2.80. The molecule has 2 nitrogen and oxygen atoms in total. The topological polar surface area (TPSA) is 17.8 Å². The lowest BCUT2D eigenvalue weighted by Crippen LogP contribution is -2.07. The lowest BCUT2D eigenvalue weighted by Gasteiger charge is -2.09. The molecule has 1 aromatic carbocycles. The van der Waals surface area contributed by atoms with E-state index in [2.05, 4.69) is 21.0 Å². The Labute approximate surface area is 117 Å². The van der Waals surface area contributed by atoms with Crippen LogP contribution in [0.2, 0.25) is 0 Å². The summed E-state index contributed by atoms with van der Waals surface area (Å²) in [5.41, 5.74) is 1.63. The fraction of sp³-hybridized carbons (Fsp3) is 0.308. The number of nitrogens with zero attached hydrogens (tertiary/aromatic N) is 2. The van der Waals surface area contributed by atoms with Crippen LogP contribution in [0.15, 0.2) is 18.3 Å². The number of halogens is 4. The molecule has 0 aliphatic rings. The highest BCUT2D eigenvalue weighted by Crippen LogP contribution is 2.22. The highest BCUT2D eigenvalue weighted by Gasteiger charge is 2.16. The molecule has 0 unspecified atom stereocenters. The largest absolute Gasteiger partial charge is 0.234 e. The first-order chi connectivity index (χ1) is 9.08. The molecule has 0 fully saturated rings. The maximum absolute atomic E-state index is 13.8. The van der Waals surface area contributed by atoms with E-state index in [1.807, 2.05) is 6.92 Å². The van der Waals surface area contributed by atoms with Gasteiger partial charge in [0.25, 0.3) is 0 Å². The standard InChI is InChI=1S/C13H12BrF3N2/c1-2-3-12-8(6-14)7-18-19(12)13-5-10(16)9(15)4-11(13)17/h4-5,7H,2-3,6H2,1H3. The molecule has 2 aromatic rings. The maximum Gasteiger partial charge on any atom is 0.161 e. The predicted molar refractivity (Wildman–Crippen MR) is 70.1 cm³/mol. The summed E-state index contributed by atoms with van der Waals surface area (Å²) in [7, 11) is 0. The second-order valence-corrected chi connectivity index (χ2v) is 4.69. The smallest absolute Gasteiger partial charge is 0.161 e. The Morgan fingerprint density at radius 2 is 1.84 bits per heavy atom. The zero-order valence-electron chi connectivity index (χ0n) is 10.3. The van der Waals surface area contributed by atoms with E-state index in [4.69, 9.17) is 0 Å². The molecule has 0 spiro atoms. The number of hydrogen-bond donors (Lipinski definition) is 0. The van der Waals surface area contributed by atoms with Crippen molar-refractivity contribution >= 4 is 15.9 Å². The minimum Gasteiger partial charge on any atom is -0.234 e. The Hall–Kier alpha value is -1.30. The second-order valence-electron chi connectivity index (χ2n) is 4.13. The molecule has 0 bridgehead atoms. The van der Waals surface area contributed by atoms with Gasteiger partial charge in [-0.15, -0.1) is 0 Å². The average Bonchev–Trinajstić information content (AvgIpc) is 2.77. The van der Waals surface area contributed by atoms with Crippen LogP contribution in [-0.2, 0) is 11.8 Å². The van der Waals surface area contributed by atoms with Gasteiger partial charge >= 0.3 is 0 Å². The Morgan fingerprint density at radius 1 is 1.16 bits per heavy atom. The maximum atomic E-state index is 13.8. The highest BCUT2D eigenvalue weighted by atomic mass is 79.9. The van der Waals surface area contributed by atoms with Gasteiger partial charge in [-0.25, -0.2) is 17.9 Å². The summed E-state index contributed by atoms with van der Waals surface area (Å²) in [6.07, 6.45) is 3.12. The normalized spacial score (nSPS) is 11.0. The molecule has 0 aliphatic heterocycles. The van der Waals surface area contributed by atoms with E-state index in [1.165, 1.54) is 4.68 Å². The lowest BCUT2D eigenvalue weighted by atomic mass is 10.1. The molecule has 0 radical (unpaired) electrons. The van der Waals surface area contributed by atoms with Crippen molar-refractivity contribution in [1.82, 2.24) is 9.78 Å². The molecule has 1 aromatic heterocycles. The van der Waals surface area contributed by atoms with Gasteiger partial charge in [-0.2, -0.15) is 5.10 Å².